The van der Waals surface area contributed by atoms with Crippen molar-refractivity contribution in [3.8, 4) is 0 Å². The topological polar surface area (TPSA) is 331 Å². The number of quaternary nitrogens is 4. The summed E-state index contributed by atoms with van der Waals surface area (Å²) in [5, 5.41) is 41.9. The Kier molecular flexibility index (Phi) is 29.1. The summed E-state index contributed by atoms with van der Waals surface area (Å²) in [6, 6.07) is 0. The predicted octanol–water partition coefficient (Wildman–Crippen LogP) is -5.87. The highest BCUT2D eigenvalue weighted by Gasteiger charge is 2.07. The van der Waals surface area contributed by atoms with E-state index in [1.165, 1.54) is 0 Å². The summed E-state index contributed by atoms with van der Waals surface area (Å²) in [6.45, 7) is -1.88. The van der Waals surface area contributed by atoms with E-state index in [0.717, 1.165) is 9.80 Å². The Morgan fingerprint density at radius 3 is 0.933 bits per heavy atom. The molecule has 0 unspecified atom stereocenters. The number of hydrogen-bond donors (Lipinski definition) is 4. The molecule has 0 amide bonds. The minimum absolute atomic E-state index is 0. The molecule has 0 rings (SSSR count). The Bertz CT molecular complexity index is 408. The summed E-state index contributed by atoms with van der Waals surface area (Å²) in [7, 11) is 0. The van der Waals surface area contributed by atoms with E-state index >= 15 is 0 Å². The summed E-state index contributed by atoms with van der Waals surface area (Å²) in [6.07, 6.45) is 0. The number of hydrogen-bond acceptors (Lipinski definition) is 12. The molecule has 0 bridgehead atoms. The largest absolute Gasteiger partial charge is 0.549 e. The number of aliphatic carboxylic acids is 4. The third-order valence-electron chi connectivity index (χ3n) is 2.89. The van der Waals surface area contributed by atoms with Gasteiger partial charge >= 0.3 is 0 Å². The van der Waals surface area contributed by atoms with E-state index in [1.807, 2.05) is 0 Å². The Morgan fingerprint density at radius 1 is 0.500 bits per heavy atom. The highest BCUT2D eigenvalue weighted by molar-refractivity contribution is 5.70. The monoisotopic (exact) mass is 448 g/mol. The van der Waals surface area contributed by atoms with Crippen molar-refractivity contribution in [1.29, 1.82) is 0 Å². The van der Waals surface area contributed by atoms with Gasteiger partial charge < -0.3 is 73.7 Å². The SMILES string of the molecule is O=C([O-])CN(CCOCCOCCN(CC(=O)[O-])CC(=O)[O-])CC(=O)[O-].[NH4+].[NH4+].[NH4+].[NH4+]. The number of ether oxygens (including phenoxy) is 2. The minimum Gasteiger partial charge on any atom is -0.549 e. The first-order chi connectivity index (χ1) is 12.2. The smallest absolute Gasteiger partial charge is 0.0701 e. The van der Waals surface area contributed by atoms with Crippen LogP contribution in [0.1, 0.15) is 0 Å². The maximum Gasteiger partial charge on any atom is 0.0701 e. The average molecular weight is 448 g/mol. The molecule has 0 atom stereocenters. The van der Waals surface area contributed by atoms with Crippen LogP contribution in [0.5, 0.6) is 0 Å². The molecule has 0 aliphatic heterocycles. The molecule has 0 aliphatic carbocycles. The second-order valence-electron chi connectivity index (χ2n) is 5.13. The van der Waals surface area contributed by atoms with Crippen LogP contribution in [0.4, 0.5) is 0 Å². The van der Waals surface area contributed by atoms with E-state index < -0.39 is 50.1 Å². The summed E-state index contributed by atoms with van der Waals surface area (Å²) in [5.74, 6) is -5.70. The zero-order valence-corrected chi connectivity index (χ0v) is 18.0. The quantitative estimate of drug-likeness (QED) is 0.151. The summed E-state index contributed by atoms with van der Waals surface area (Å²) in [4.78, 5) is 44.0. The van der Waals surface area contributed by atoms with Crippen molar-refractivity contribution in [3.05, 3.63) is 0 Å². The number of carbonyl (C=O) groups is 4. The number of carboxylic acids is 4. The van der Waals surface area contributed by atoms with Gasteiger partial charge in [0.1, 0.15) is 0 Å². The van der Waals surface area contributed by atoms with Gasteiger partial charge in [0.2, 0.25) is 0 Å². The molecule has 0 aliphatic rings. The molecule has 16 N–H and O–H groups in total. The summed E-state index contributed by atoms with van der Waals surface area (Å²) < 4.78 is 10.3. The predicted molar refractivity (Wildman–Crippen MR) is 98.5 cm³/mol. The molecule has 0 heterocycles. The lowest BCUT2D eigenvalue weighted by molar-refractivity contribution is -0.313. The Morgan fingerprint density at radius 2 is 0.733 bits per heavy atom. The summed E-state index contributed by atoms with van der Waals surface area (Å²) >= 11 is 0. The molecule has 16 heteroatoms. The lowest BCUT2D eigenvalue weighted by Crippen LogP contribution is -2.45. The van der Waals surface area contributed by atoms with Crippen LogP contribution < -0.4 is 45.0 Å². The van der Waals surface area contributed by atoms with Gasteiger partial charge in [0, 0.05) is 39.3 Å². The maximum absolute atomic E-state index is 10.5. The molecule has 0 aromatic rings. The second kappa shape index (κ2) is 22.8. The van der Waals surface area contributed by atoms with E-state index in [-0.39, 0.29) is 64.1 Å². The first-order valence-electron chi connectivity index (χ1n) is 7.60. The van der Waals surface area contributed by atoms with Gasteiger partial charge in [-0.15, -0.1) is 0 Å². The van der Waals surface area contributed by atoms with Gasteiger partial charge in [-0.25, -0.2) is 0 Å². The van der Waals surface area contributed by atoms with Crippen LogP contribution in [0, 0.1) is 0 Å². The molecule has 30 heavy (non-hydrogen) atoms. The first-order valence-corrected chi connectivity index (χ1v) is 7.60. The highest BCUT2D eigenvalue weighted by atomic mass is 16.5. The second-order valence-corrected chi connectivity index (χ2v) is 5.13. The fourth-order valence-electron chi connectivity index (χ4n) is 1.87. The standard InChI is InChI=1S/C14H24N2O10.4H3N/c17-11(18)7-15(8-12(19)20)1-3-25-5-6-26-4-2-16(9-13(21)22)10-14(23)24;;;;/h1-10H2,(H,17,18)(H,19,20)(H,21,22)(H,23,24);4*1H3. The molecule has 16 nitrogen and oxygen atoms in total. The van der Waals surface area contributed by atoms with Crippen molar-refractivity contribution in [1.82, 2.24) is 34.4 Å². The van der Waals surface area contributed by atoms with Crippen LogP contribution in [0.3, 0.4) is 0 Å². The van der Waals surface area contributed by atoms with Crippen molar-refractivity contribution in [3.63, 3.8) is 0 Å². The third-order valence-corrected chi connectivity index (χ3v) is 2.89. The molecule has 0 aromatic heterocycles. The lowest BCUT2D eigenvalue weighted by Gasteiger charge is -2.23. The van der Waals surface area contributed by atoms with E-state index in [1.54, 1.807) is 0 Å². The number of carboxylic acid groups (broad SMARTS) is 4. The number of rotatable bonds is 17. The molecule has 0 saturated carbocycles. The van der Waals surface area contributed by atoms with Gasteiger partial charge in [-0.05, 0) is 0 Å². The Labute approximate surface area is 174 Å². The normalized spacial score (nSPS) is 9.53. The van der Waals surface area contributed by atoms with Crippen molar-refractivity contribution in [2.45, 2.75) is 0 Å². The van der Waals surface area contributed by atoms with E-state index in [2.05, 4.69) is 0 Å². The van der Waals surface area contributed by atoms with Gasteiger partial charge in [0.25, 0.3) is 0 Å². The average Bonchev–Trinajstić information content (AvgIpc) is 2.47. The van der Waals surface area contributed by atoms with Gasteiger partial charge in [0.15, 0.2) is 0 Å². The molecule has 0 saturated heterocycles. The molecule has 182 valence electrons. The molecular formula is C14H36N6O10. The van der Waals surface area contributed by atoms with E-state index in [0.29, 0.717) is 0 Å². The van der Waals surface area contributed by atoms with Crippen molar-refractivity contribution < 1.29 is 49.1 Å². The molecular weight excluding hydrogens is 412 g/mol. The number of nitrogens with zero attached hydrogens (tertiary/aromatic N) is 2. The fourth-order valence-corrected chi connectivity index (χ4v) is 1.87. The van der Waals surface area contributed by atoms with Gasteiger partial charge in [-0.3, -0.25) is 9.80 Å². The van der Waals surface area contributed by atoms with Crippen molar-refractivity contribution in [2.24, 2.45) is 0 Å². The van der Waals surface area contributed by atoms with Gasteiger partial charge in [-0.2, -0.15) is 0 Å². The maximum atomic E-state index is 10.5. The minimum atomic E-state index is -1.42. The zero-order chi connectivity index (χ0) is 19.9. The Balaban J connectivity index is -0.000000521. The van der Waals surface area contributed by atoms with Gasteiger partial charge in [0.05, 0.1) is 50.3 Å². The van der Waals surface area contributed by atoms with Gasteiger partial charge in [-0.1, -0.05) is 0 Å². The van der Waals surface area contributed by atoms with Crippen LogP contribution in [0.2, 0.25) is 0 Å². The van der Waals surface area contributed by atoms with Crippen LogP contribution >= 0.6 is 0 Å². The van der Waals surface area contributed by atoms with Crippen molar-refractivity contribution >= 4 is 23.9 Å². The zero-order valence-electron chi connectivity index (χ0n) is 18.0. The molecule has 0 aromatic carbocycles. The lowest BCUT2D eigenvalue weighted by atomic mass is 10.4. The summed E-state index contributed by atoms with van der Waals surface area (Å²) in [5.41, 5.74) is 0. The van der Waals surface area contributed by atoms with E-state index in [4.69, 9.17) is 9.47 Å². The van der Waals surface area contributed by atoms with Crippen LogP contribution in [-0.4, -0.2) is 99.4 Å². The van der Waals surface area contributed by atoms with E-state index in [9.17, 15) is 39.6 Å². The fraction of sp³-hybridized carbons (Fsp3) is 0.714. The van der Waals surface area contributed by atoms with Crippen molar-refractivity contribution in [2.75, 3.05) is 65.7 Å². The Hall–Kier alpha value is -2.44. The molecule has 0 radical (unpaired) electrons. The highest BCUT2D eigenvalue weighted by Crippen LogP contribution is 1.90. The number of carbonyl (C=O) groups excluding carboxylic acids is 4. The molecule has 0 spiro atoms. The van der Waals surface area contributed by atoms with Crippen LogP contribution in [0.25, 0.3) is 0 Å². The first kappa shape index (κ1) is 38.2. The van der Waals surface area contributed by atoms with Crippen LogP contribution in [0.15, 0.2) is 0 Å². The molecule has 0 fully saturated rings. The van der Waals surface area contributed by atoms with Crippen LogP contribution in [-0.2, 0) is 28.7 Å². The third kappa shape index (κ3) is 25.6.